The van der Waals surface area contributed by atoms with Crippen molar-refractivity contribution in [2.24, 2.45) is 4.99 Å². The number of nitrogens with one attached hydrogen (secondary N) is 2. The molecule has 5 nitrogen and oxygen atoms in total. The smallest absolute Gasteiger partial charge is 0.226 e. The average Bonchev–Trinajstić information content (AvgIpc) is 3.16. The van der Waals surface area contributed by atoms with Gasteiger partial charge in [0, 0.05) is 24.7 Å². The van der Waals surface area contributed by atoms with Crippen molar-refractivity contribution in [1.82, 2.24) is 15.6 Å². The zero-order chi connectivity index (χ0) is 19.9. The second-order valence-electron chi connectivity index (χ2n) is 6.31. The predicted molar refractivity (Wildman–Crippen MR) is 105 cm³/mol. The first kappa shape index (κ1) is 19.5. The molecule has 0 atom stereocenters. The first-order valence-electron chi connectivity index (χ1n) is 8.95. The summed E-state index contributed by atoms with van der Waals surface area (Å²) in [6, 6.07) is 11.8. The summed E-state index contributed by atoms with van der Waals surface area (Å²) in [7, 11) is 1.62. The SMILES string of the molecule is CN=C(NCCc1c(F)cccc1F)NCc1coc(-c2ccc(C)cc2)n1. The molecular weight excluding hydrogens is 362 g/mol. The lowest BCUT2D eigenvalue weighted by atomic mass is 10.1. The highest BCUT2D eigenvalue weighted by atomic mass is 19.1. The van der Waals surface area contributed by atoms with Gasteiger partial charge in [0.05, 0.1) is 12.2 Å². The highest BCUT2D eigenvalue weighted by Gasteiger charge is 2.09. The maximum Gasteiger partial charge on any atom is 0.226 e. The van der Waals surface area contributed by atoms with Gasteiger partial charge >= 0.3 is 0 Å². The Kier molecular flexibility index (Phi) is 6.37. The molecule has 3 aromatic rings. The van der Waals surface area contributed by atoms with E-state index in [1.807, 2.05) is 31.2 Å². The molecular formula is C21H22F2N4O. The molecule has 28 heavy (non-hydrogen) atoms. The van der Waals surface area contributed by atoms with Crippen LogP contribution in [-0.4, -0.2) is 24.5 Å². The summed E-state index contributed by atoms with van der Waals surface area (Å²) in [6.07, 6.45) is 1.80. The fourth-order valence-corrected chi connectivity index (χ4v) is 2.69. The molecule has 0 saturated carbocycles. The Morgan fingerprint density at radius 3 is 2.46 bits per heavy atom. The molecule has 0 unspecified atom stereocenters. The summed E-state index contributed by atoms with van der Waals surface area (Å²) in [4.78, 5) is 8.56. The fraction of sp³-hybridized carbons (Fsp3) is 0.238. The Balaban J connectivity index is 1.51. The molecule has 0 radical (unpaired) electrons. The summed E-state index contributed by atoms with van der Waals surface area (Å²) in [5, 5.41) is 6.14. The number of aliphatic imine (C=N–C) groups is 1. The van der Waals surface area contributed by atoms with Gasteiger partial charge < -0.3 is 15.1 Å². The van der Waals surface area contributed by atoms with Crippen molar-refractivity contribution in [3.8, 4) is 11.5 Å². The zero-order valence-electron chi connectivity index (χ0n) is 15.8. The minimum atomic E-state index is -0.545. The van der Waals surface area contributed by atoms with Gasteiger partial charge in [0.1, 0.15) is 17.9 Å². The largest absolute Gasteiger partial charge is 0.444 e. The Morgan fingerprint density at radius 2 is 1.79 bits per heavy atom. The minimum Gasteiger partial charge on any atom is -0.444 e. The quantitative estimate of drug-likeness (QED) is 0.501. The Hall–Kier alpha value is -3.22. The Morgan fingerprint density at radius 1 is 1.07 bits per heavy atom. The minimum absolute atomic E-state index is 0.0599. The molecule has 0 aliphatic rings. The van der Waals surface area contributed by atoms with Crippen molar-refractivity contribution < 1.29 is 13.2 Å². The van der Waals surface area contributed by atoms with Gasteiger partial charge in [0.25, 0.3) is 0 Å². The second kappa shape index (κ2) is 9.12. The van der Waals surface area contributed by atoms with Crippen LogP contribution in [-0.2, 0) is 13.0 Å². The van der Waals surface area contributed by atoms with Crippen LogP contribution in [0.1, 0.15) is 16.8 Å². The number of benzene rings is 2. The normalized spacial score (nSPS) is 11.5. The lowest BCUT2D eigenvalue weighted by Gasteiger charge is -2.11. The summed E-state index contributed by atoms with van der Waals surface area (Å²) in [5.74, 6) is -0.0293. The average molecular weight is 384 g/mol. The van der Waals surface area contributed by atoms with E-state index in [-0.39, 0.29) is 12.0 Å². The number of halogens is 2. The number of hydrogen-bond acceptors (Lipinski definition) is 3. The molecule has 1 heterocycles. The third kappa shape index (κ3) is 4.94. The van der Waals surface area contributed by atoms with Gasteiger partial charge in [-0.15, -0.1) is 0 Å². The predicted octanol–water partition coefficient (Wildman–Crippen LogP) is 3.84. The van der Waals surface area contributed by atoms with Gasteiger partial charge in [-0.1, -0.05) is 23.8 Å². The standard InChI is InChI=1S/C21H22F2N4O/c1-14-6-8-15(9-7-14)20-27-16(13-28-20)12-26-21(24-2)25-11-10-17-18(22)4-3-5-19(17)23/h3-9,13H,10-12H2,1-2H3,(H2,24,25,26). The van der Waals surface area contributed by atoms with Crippen LogP contribution in [0.2, 0.25) is 0 Å². The van der Waals surface area contributed by atoms with Crippen LogP contribution in [0.5, 0.6) is 0 Å². The number of aryl methyl sites for hydroxylation is 1. The highest BCUT2D eigenvalue weighted by molar-refractivity contribution is 5.79. The van der Waals surface area contributed by atoms with E-state index in [9.17, 15) is 8.78 Å². The molecule has 0 spiro atoms. The first-order valence-corrected chi connectivity index (χ1v) is 8.95. The van der Waals surface area contributed by atoms with Crippen LogP contribution in [0, 0.1) is 18.6 Å². The van der Waals surface area contributed by atoms with Crippen molar-refractivity contribution >= 4 is 5.96 Å². The lowest BCUT2D eigenvalue weighted by Crippen LogP contribution is -2.38. The number of rotatable bonds is 6. The molecule has 0 aliphatic heterocycles. The van der Waals surface area contributed by atoms with Crippen molar-refractivity contribution in [2.45, 2.75) is 19.9 Å². The van der Waals surface area contributed by atoms with E-state index in [0.29, 0.717) is 24.9 Å². The van der Waals surface area contributed by atoms with Crippen LogP contribution in [0.25, 0.3) is 11.5 Å². The van der Waals surface area contributed by atoms with E-state index < -0.39 is 11.6 Å². The Labute approximate surface area is 162 Å². The van der Waals surface area contributed by atoms with E-state index >= 15 is 0 Å². The van der Waals surface area contributed by atoms with E-state index in [1.165, 1.54) is 23.8 Å². The van der Waals surface area contributed by atoms with Crippen LogP contribution in [0.15, 0.2) is 58.1 Å². The molecule has 2 N–H and O–H groups in total. The highest BCUT2D eigenvalue weighted by Crippen LogP contribution is 2.19. The van der Waals surface area contributed by atoms with E-state index in [1.54, 1.807) is 13.3 Å². The van der Waals surface area contributed by atoms with Gasteiger partial charge in [-0.2, -0.15) is 0 Å². The van der Waals surface area contributed by atoms with Crippen molar-refractivity contribution in [2.75, 3.05) is 13.6 Å². The molecule has 1 aromatic heterocycles. The van der Waals surface area contributed by atoms with Crippen LogP contribution >= 0.6 is 0 Å². The third-order valence-corrected chi connectivity index (χ3v) is 4.24. The maximum atomic E-state index is 13.7. The van der Waals surface area contributed by atoms with Crippen LogP contribution in [0.3, 0.4) is 0 Å². The van der Waals surface area contributed by atoms with Crippen molar-refractivity contribution in [3.05, 3.63) is 77.2 Å². The first-order chi connectivity index (χ1) is 13.6. The molecule has 0 bridgehead atoms. The number of hydrogen-bond donors (Lipinski definition) is 2. The van der Waals surface area contributed by atoms with Gasteiger partial charge in [-0.3, -0.25) is 4.99 Å². The Bertz CT molecular complexity index is 931. The molecule has 0 saturated heterocycles. The maximum absolute atomic E-state index is 13.7. The summed E-state index contributed by atoms with van der Waals surface area (Å²) >= 11 is 0. The van der Waals surface area contributed by atoms with E-state index in [0.717, 1.165) is 11.3 Å². The number of oxazole rings is 1. The molecule has 7 heteroatoms. The molecule has 3 rings (SSSR count). The van der Waals surface area contributed by atoms with Crippen molar-refractivity contribution in [3.63, 3.8) is 0 Å². The number of guanidine groups is 1. The van der Waals surface area contributed by atoms with E-state index in [2.05, 4.69) is 20.6 Å². The number of aromatic nitrogens is 1. The van der Waals surface area contributed by atoms with Crippen LogP contribution in [0.4, 0.5) is 8.78 Å². The molecule has 0 aliphatic carbocycles. The molecule has 146 valence electrons. The van der Waals surface area contributed by atoms with Gasteiger partial charge in [-0.25, -0.2) is 13.8 Å². The summed E-state index contributed by atoms with van der Waals surface area (Å²) in [6.45, 7) is 2.77. The van der Waals surface area contributed by atoms with Crippen molar-refractivity contribution in [1.29, 1.82) is 0 Å². The number of nitrogens with zero attached hydrogens (tertiary/aromatic N) is 2. The molecule has 2 aromatic carbocycles. The topological polar surface area (TPSA) is 62.5 Å². The fourth-order valence-electron chi connectivity index (χ4n) is 2.69. The summed E-state index contributed by atoms with van der Waals surface area (Å²) in [5.41, 5.74) is 2.86. The summed E-state index contributed by atoms with van der Waals surface area (Å²) < 4.78 is 32.8. The monoisotopic (exact) mass is 384 g/mol. The second-order valence-corrected chi connectivity index (χ2v) is 6.31. The molecule has 0 fully saturated rings. The van der Waals surface area contributed by atoms with Gasteiger partial charge in [0.2, 0.25) is 5.89 Å². The lowest BCUT2D eigenvalue weighted by molar-refractivity contribution is 0.553. The molecule has 0 amide bonds. The zero-order valence-corrected chi connectivity index (χ0v) is 15.8. The van der Waals surface area contributed by atoms with Gasteiger partial charge in [0.15, 0.2) is 5.96 Å². The van der Waals surface area contributed by atoms with Crippen LogP contribution < -0.4 is 10.6 Å². The van der Waals surface area contributed by atoms with Gasteiger partial charge in [-0.05, 0) is 37.6 Å². The van der Waals surface area contributed by atoms with E-state index in [4.69, 9.17) is 4.42 Å². The third-order valence-electron chi connectivity index (χ3n) is 4.24.